The number of aromatic nitrogens is 6. The highest BCUT2D eigenvalue weighted by Crippen LogP contribution is 1.90. The zero-order chi connectivity index (χ0) is 15.6. The summed E-state index contributed by atoms with van der Waals surface area (Å²) in [5.41, 5.74) is -1.41. The number of hydrogen-bond donors (Lipinski definition) is 3. The fourth-order valence-corrected chi connectivity index (χ4v) is 1.78. The monoisotopic (exact) mass is 293 g/mol. The first-order valence-electron chi connectivity index (χ1n) is 6.34. The lowest BCUT2D eigenvalue weighted by molar-refractivity contribution is -0.671. The van der Waals surface area contributed by atoms with Gasteiger partial charge in [0.25, 0.3) is 5.56 Å². The van der Waals surface area contributed by atoms with Crippen molar-refractivity contribution >= 4 is 11.2 Å². The number of fused-ring (bicyclic) bond motifs is 1. The number of aromatic amines is 3. The van der Waals surface area contributed by atoms with E-state index in [9.17, 15) is 14.4 Å². The van der Waals surface area contributed by atoms with E-state index in [2.05, 4.69) is 39.0 Å². The molecule has 0 aliphatic rings. The van der Waals surface area contributed by atoms with Gasteiger partial charge in [0.15, 0.2) is 5.52 Å². The van der Waals surface area contributed by atoms with Crippen LogP contribution in [0.15, 0.2) is 33.1 Å². The third kappa shape index (κ3) is 3.02. The second kappa shape index (κ2) is 5.65. The van der Waals surface area contributed by atoms with Gasteiger partial charge in [0, 0.05) is 7.05 Å². The van der Waals surface area contributed by atoms with Gasteiger partial charge < -0.3 is 0 Å². The van der Waals surface area contributed by atoms with E-state index in [1.807, 2.05) is 17.8 Å². The molecule has 9 nitrogen and oxygen atoms in total. The van der Waals surface area contributed by atoms with Crippen molar-refractivity contribution in [2.24, 2.45) is 14.1 Å². The Morgan fingerprint density at radius 1 is 1.19 bits per heavy atom. The molecule has 0 atom stereocenters. The molecular formula is C12H17N6O3+. The zero-order valence-corrected chi connectivity index (χ0v) is 12.0. The molecule has 0 saturated carbocycles. The molecular weight excluding hydrogens is 276 g/mol. The van der Waals surface area contributed by atoms with Gasteiger partial charge >= 0.3 is 11.4 Å². The molecule has 3 aromatic heterocycles. The number of aryl methyl sites for hydroxylation is 2. The van der Waals surface area contributed by atoms with Crippen LogP contribution in [0.25, 0.3) is 11.2 Å². The van der Waals surface area contributed by atoms with Crippen molar-refractivity contribution in [3.8, 4) is 0 Å². The summed E-state index contributed by atoms with van der Waals surface area (Å²) in [5.74, 6) is 0. The maximum atomic E-state index is 11.3. The van der Waals surface area contributed by atoms with Gasteiger partial charge in [-0.05, 0) is 6.92 Å². The van der Waals surface area contributed by atoms with Crippen molar-refractivity contribution in [1.29, 1.82) is 0 Å². The number of hydrogen-bond acceptors (Lipinski definition) is 3. The average molecular weight is 293 g/mol. The van der Waals surface area contributed by atoms with Crippen LogP contribution < -0.4 is 21.5 Å². The first-order valence-corrected chi connectivity index (χ1v) is 6.34. The van der Waals surface area contributed by atoms with Crippen molar-refractivity contribution in [1.82, 2.24) is 24.1 Å². The van der Waals surface area contributed by atoms with E-state index in [1.54, 1.807) is 0 Å². The molecule has 0 spiro atoms. The molecule has 0 aromatic carbocycles. The predicted octanol–water partition coefficient (Wildman–Crippen LogP) is -1.42. The molecule has 3 heterocycles. The molecule has 0 bridgehead atoms. The maximum absolute atomic E-state index is 11.3. The van der Waals surface area contributed by atoms with Crippen LogP contribution >= 0.6 is 0 Å². The van der Waals surface area contributed by atoms with Crippen molar-refractivity contribution in [2.45, 2.75) is 13.5 Å². The Balaban J connectivity index is 0.000000173. The highest BCUT2D eigenvalue weighted by Gasteiger charge is 2.06. The minimum absolute atomic E-state index is 0.0760. The summed E-state index contributed by atoms with van der Waals surface area (Å²) in [6, 6.07) is 0. The van der Waals surface area contributed by atoms with Crippen molar-refractivity contribution in [2.75, 3.05) is 0 Å². The lowest BCUT2D eigenvalue weighted by Crippen LogP contribution is -2.32. The highest BCUT2D eigenvalue weighted by molar-refractivity contribution is 5.67. The van der Waals surface area contributed by atoms with E-state index in [0.717, 1.165) is 11.1 Å². The van der Waals surface area contributed by atoms with E-state index >= 15 is 0 Å². The summed E-state index contributed by atoms with van der Waals surface area (Å²) in [6.45, 7) is 3.18. The van der Waals surface area contributed by atoms with Crippen LogP contribution in [0, 0.1) is 0 Å². The summed E-state index contributed by atoms with van der Waals surface area (Å²) in [5, 5.41) is 0. The predicted molar refractivity (Wildman–Crippen MR) is 76.1 cm³/mol. The fourth-order valence-electron chi connectivity index (χ4n) is 1.78. The van der Waals surface area contributed by atoms with Gasteiger partial charge in [-0.1, -0.05) is 0 Å². The summed E-state index contributed by atoms with van der Waals surface area (Å²) < 4.78 is 5.04. The van der Waals surface area contributed by atoms with E-state index in [-0.39, 0.29) is 11.2 Å². The molecule has 0 saturated heterocycles. The smallest absolute Gasteiger partial charge is 0.300 e. The molecule has 3 rings (SSSR count). The SMILES string of the molecule is CCn1cc[n+](C)c1.Cn1c(=O)[nH]c2[nH]c(=O)[nH]c2c1=O. The van der Waals surface area contributed by atoms with Gasteiger partial charge in [-0.15, -0.1) is 0 Å². The van der Waals surface area contributed by atoms with Crippen LogP contribution in [0.5, 0.6) is 0 Å². The standard InChI is InChI=1S/C6H6N4O3.C6H11N2/c1-10-4(11)2-3(9-6(10)13)8-5(12)7-2;1-3-8-5-4-7(2)6-8/h1H3,(H,9,13)(H2,7,8,12);4-6H,3H2,1-2H3/q;+1. The van der Waals surface area contributed by atoms with Crippen molar-refractivity contribution < 1.29 is 4.57 Å². The fraction of sp³-hybridized carbons (Fsp3) is 0.333. The maximum Gasteiger partial charge on any atom is 0.329 e. The lowest BCUT2D eigenvalue weighted by Gasteiger charge is -1.93. The van der Waals surface area contributed by atoms with Gasteiger partial charge in [-0.3, -0.25) is 24.3 Å². The Labute approximate surface area is 118 Å². The molecule has 3 N–H and O–H groups in total. The summed E-state index contributed by atoms with van der Waals surface area (Å²) >= 11 is 0. The van der Waals surface area contributed by atoms with Crippen LogP contribution in [0.3, 0.4) is 0 Å². The van der Waals surface area contributed by atoms with E-state index < -0.39 is 16.9 Å². The minimum Gasteiger partial charge on any atom is -0.300 e. The van der Waals surface area contributed by atoms with Crippen molar-refractivity contribution in [3.05, 3.63) is 50.0 Å². The summed E-state index contributed by atoms with van der Waals surface area (Å²) in [4.78, 5) is 40.0. The van der Waals surface area contributed by atoms with Crippen molar-refractivity contribution in [3.63, 3.8) is 0 Å². The number of rotatable bonds is 1. The normalized spacial score (nSPS) is 10.4. The minimum atomic E-state index is -0.562. The first-order chi connectivity index (χ1) is 9.92. The first kappa shape index (κ1) is 14.6. The highest BCUT2D eigenvalue weighted by atomic mass is 16.2. The molecule has 0 radical (unpaired) electrons. The second-order valence-electron chi connectivity index (χ2n) is 4.53. The Kier molecular flexibility index (Phi) is 3.92. The molecule has 9 heteroatoms. The molecule has 0 aliphatic heterocycles. The zero-order valence-electron chi connectivity index (χ0n) is 12.0. The molecule has 0 unspecified atom stereocenters. The average Bonchev–Trinajstić information content (AvgIpc) is 3.02. The Morgan fingerprint density at radius 3 is 2.43 bits per heavy atom. The van der Waals surface area contributed by atoms with Gasteiger partial charge in [-0.25, -0.2) is 18.7 Å². The van der Waals surface area contributed by atoms with Gasteiger partial charge in [0.2, 0.25) is 6.33 Å². The Morgan fingerprint density at radius 2 is 1.90 bits per heavy atom. The van der Waals surface area contributed by atoms with E-state index in [4.69, 9.17) is 0 Å². The Bertz CT molecular complexity index is 923. The van der Waals surface area contributed by atoms with Crippen LogP contribution in [0.1, 0.15) is 6.92 Å². The Hall–Kier alpha value is -2.84. The largest absolute Gasteiger partial charge is 0.329 e. The quantitative estimate of drug-likeness (QED) is 0.478. The molecule has 0 amide bonds. The van der Waals surface area contributed by atoms with Gasteiger partial charge in [0.1, 0.15) is 18.0 Å². The van der Waals surface area contributed by atoms with Crippen LogP contribution in [-0.2, 0) is 20.6 Å². The third-order valence-corrected chi connectivity index (χ3v) is 2.97. The summed E-state index contributed by atoms with van der Waals surface area (Å²) in [7, 11) is 3.35. The number of imidazole rings is 2. The second-order valence-corrected chi connectivity index (χ2v) is 4.53. The summed E-state index contributed by atoms with van der Waals surface area (Å²) in [6.07, 6.45) is 6.14. The topological polar surface area (TPSA) is 112 Å². The van der Waals surface area contributed by atoms with E-state index in [1.165, 1.54) is 7.05 Å². The number of nitrogens with zero attached hydrogens (tertiary/aromatic N) is 3. The van der Waals surface area contributed by atoms with Crippen LogP contribution in [-0.4, -0.2) is 24.1 Å². The third-order valence-electron chi connectivity index (χ3n) is 2.97. The van der Waals surface area contributed by atoms with Gasteiger partial charge in [0.05, 0.1) is 13.6 Å². The van der Waals surface area contributed by atoms with Gasteiger partial charge in [-0.2, -0.15) is 0 Å². The molecule has 0 aliphatic carbocycles. The number of H-pyrrole nitrogens is 3. The lowest BCUT2D eigenvalue weighted by atomic mass is 10.5. The van der Waals surface area contributed by atoms with Crippen LogP contribution in [0.2, 0.25) is 0 Å². The number of nitrogens with one attached hydrogen (secondary N) is 3. The molecule has 112 valence electrons. The molecule has 0 fully saturated rings. The van der Waals surface area contributed by atoms with Crippen LogP contribution in [0.4, 0.5) is 0 Å². The van der Waals surface area contributed by atoms with E-state index in [0.29, 0.717) is 0 Å². The molecule has 3 aromatic rings. The molecule has 21 heavy (non-hydrogen) atoms.